The molecule has 18 heavy (non-hydrogen) atoms. The highest BCUT2D eigenvalue weighted by Crippen LogP contribution is 2.26. The molecule has 0 aliphatic carbocycles. The summed E-state index contributed by atoms with van der Waals surface area (Å²) >= 11 is 5.94. The molecule has 0 amide bonds. The summed E-state index contributed by atoms with van der Waals surface area (Å²) in [5.74, 6) is 0.282. The average Bonchev–Trinajstić information content (AvgIpc) is 2.37. The van der Waals surface area contributed by atoms with E-state index in [9.17, 15) is 4.79 Å². The molecule has 0 N–H and O–H groups in total. The lowest BCUT2D eigenvalue weighted by Crippen LogP contribution is -2.03. The van der Waals surface area contributed by atoms with E-state index in [1.54, 1.807) is 0 Å². The minimum Gasteiger partial charge on any atom is -0.486 e. The predicted octanol–water partition coefficient (Wildman–Crippen LogP) is 3.52. The zero-order chi connectivity index (χ0) is 13.0. The van der Waals surface area contributed by atoms with E-state index in [-0.39, 0.29) is 5.78 Å². The van der Waals surface area contributed by atoms with Gasteiger partial charge in [0.05, 0.1) is 16.8 Å². The van der Waals surface area contributed by atoms with E-state index in [1.807, 2.05) is 30.3 Å². The first-order chi connectivity index (χ1) is 8.68. The number of carbonyl (C=O) groups is 1. The number of hydrogen-bond acceptors (Lipinski definition) is 3. The molecular formula is C14H12ClNO2. The van der Waals surface area contributed by atoms with Crippen LogP contribution in [0.4, 0.5) is 0 Å². The minimum atomic E-state index is -0.134. The summed E-state index contributed by atoms with van der Waals surface area (Å²) in [7, 11) is 0. The second-order valence-electron chi connectivity index (χ2n) is 3.82. The maximum atomic E-state index is 11.5. The second kappa shape index (κ2) is 5.65. The van der Waals surface area contributed by atoms with Gasteiger partial charge >= 0.3 is 0 Å². The molecule has 4 heteroatoms. The normalized spacial score (nSPS) is 10.1. The number of halogens is 1. The van der Waals surface area contributed by atoms with E-state index in [0.717, 1.165) is 5.56 Å². The zero-order valence-corrected chi connectivity index (χ0v) is 10.6. The maximum Gasteiger partial charge on any atom is 0.165 e. The third kappa shape index (κ3) is 2.87. The Balaban J connectivity index is 2.20. The Bertz CT molecular complexity index is 555. The molecule has 0 saturated carbocycles. The number of ketones is 1. The summed E-state index contributed by atoms with van der Waals surface area (Å²) in [4.78, 5) is 15.4. The number of ether oxygens (including phenoxy) is 1. The SMILES string of the molecule is CC(=O)c1c(Cl)cncc1OCc1ccccc1. The van der Waals surface area contributed by atoms with Gasteiger partial charge in [-0.1, -0.05) is 41.9 Å². The summed E-state index contributed by atoms with van der Waals surface area (Å²) in [6.07, 6.45) is 2.94. The molecule has 0 radical (unpaired) electrons. The lowest BCUT2D eigenvalue weighted by Gasteiger charge is -2.10. The van der Waals surface area contributed by atoms with Crippen LogP contribution >= 0.6 is 11.6 Å². The molecule has 3 nitrogen and oxygen atoms in total. The van der Waals surface area contributed by atoms with Crippen molar-refractivity contribution >= 4 is 17.4 Å². The number of Topliss-reactive ketones (excluding diaryl/α,β-unsaturated/α-hetero) is 1. The van der Waals surface area contributed by atoms with Crippen LogP contribution in [0.5, 0.6) is 5.75 Å². The fourth-order valence-corrected chi connectivity index (χ4v) is 1.89. The third-order valence-corrected chi connectivity index (χ3v) is 2.74. The van der Waals surface area contributed by atoms with Gasteiger partial charge in [0.25, 0.3) is 0 Å². The van der Waals surface area contributed by atoms with Crippen LogP contribution in [0.15, 0.2) is 42.7 Å². The highest BCUT2D eigenvalue weighted by Gasteiger charge is 2.13. The van der Waals surface area contributed by atoms with Crippen molar-refractivity contribution in [3.8, 4) is 5.75 Å². The van der Waals surface area contributed by atoms with Gasteiger partial charge in [0.15, 0.2) is 5.78 Å². The van der Waals surface area contributed by atoms with Crippen LogP contribution in [-0.2, 0) is 6.61 Å². The van der Waals surface area contributed by atoms with Crippen LogP contribution in [0.3, 0.4) is 0 Å². The lowest BCUT2D eigenvalue weighted by molar-refractivity contribution is 0.101. The average molecular weight is 262 g/mol. The molecule has 0 spiro atoms. The molecule has 0 bridgehead atoms. The van der Waals surface area contributed by atoms with Gasteiger partial charge in [-0.3, -0.25) is 9.78 Å². The second-order valence-corrected chi connectivity index (χ2v) is 4.23. The van der Waals surface area contributed by atoms with Gasteiger partial charge < -0.3 is 4.74 Å². The zero-order valence-electron chi connectivity index (χ0n) is 9.89. The van der Waals surface area contributed by atoms with Gasteiger partial charge in [-0.2, -0.15) is 0 Å². The monoisotopic (exact) mass is 261 g/mol. The van der Waals surface area contributed by atoms with Gasteiger partial charge in [0.2, 0.25) is 0 Å². The number of aromatic nitrogens is 1. The molecule has 0 saturated heterocycles. The standard InChI is InChI=1S/C14H12ClNO2/c1-10(17)14-12(15)7-16-8-13(14)18-9-11-5-3-2-4-6-11/h2-8H,9H2,1H3. The number of pyridine rings is 1. The summed E-state index contributed by atoms with van der Waals surface area (Å²) in [6.45, 7) is 1.83. The molecule has 0 aliphatic rings. The number of benzene rings is 1. The molecular weight excluding hydrogens is 250 g/mol. The molecule has 92 valence electrons. The van der Waals surface area contributed by atoms with Crippen LogP contribution in [0.1, 0.15) is 22.8 Å². The van der Waals surface area contributed by atoms with Gasteiger partial charge in [0, 0.05) is 6.20 Å². The van der Waals surface area contributed by atoms with Crippen LogP contribution < -0.4 is 4.74 Å². The van der Waals surface area contributed by atoms with Crippen molar-refractivity contribution in [2.75, 3.05) is 0 Å². The number of carbonyl (C=O) groups excluding carboxylic acids is 1. The minimum absolute atomic E-state index is 0.134. The van der Waals surface area contributed by atoms with Gasteiger partial charge in [-0.25, -0.2) is 0 Å². The van der Waals surface area contributed by atoms with E-state index < -0.39 is 0 Å². The highest BCUT2D eigenvalue weighted by atomic mass is 35.5. The quantitative estimate of drug-likeness (QED) is 0.791. The molecule has 0 atom stereocenters. The fraction of sp³-hybridized carbons (Fsp3) is 0.143. The van der Waals surface area contributed by atoms with Crippen molar-refractivity contribution in [2.24, 2.45) is 0 Å². The fourth-order valence-electron chi connectivity index (χ4n) is 1.60. The van der Waals surface area contributed by atoms with E-state index in [4.69, 9.17) is 16.3 Å². The van der Waals surface area contributed by atoms with Crippen molar-refractivity contribution in [3.05, 3.63) is 58.9 Å². The topological polar surface area (TPSA) is 39.2 Å². The van der Waals surface area contributed by atoms with E-state index in [0.29, 0.717) is 22.9 Å². The first-order valence-corrected chi connectivity index (χ1v) is 5.87. The number of rotatable bonds is 4. The summed E-state index contributed by atoms with van der Waals surface area (Å²) in [5, 5.41) is 0.313. The molecule has 2 aromatic rings. The third-order valence-electron chi connectivity index (χ3n) is 2.45. The number of nitrogens with zero attached hydrogens (tertiary/aromatic N) is 1. The Morgan fingerprint density at radius 2 is 2.00 bits per heavy atom. The molecule has 1 aromatic heterocycles. The smallest absolute Gasteiger partial charge is 0.165 e. The maximum absolute atomic E-state index is 11.5. The summed E-state index contributed by atoms with van der Waals surface area (Å²) in [6, 6.07) is 9.70. The van der Waals surface area contributed by atoms with Gasteiger partial charge in [-0.05, 0) is 12.5 Å². The Hall–Kier alpha value is -1.87. The first kappa shape index (κ1) is 12.6. The Morgan fingerprint density at radius 3 is 2.67 bits per heavy atom. The Kier molecular flexibility index (Phi) is 3.95. The summed E-state index contributed by atoms with van der Waals surface area (Å²) < 4.78 is 5.60. The van der Waals surface area contributed by atoms with Crippen molar-refractivity contribution in [1.29, 1.82) is 0 Å². The van der Waals surface area contributed by atoms with Crippen molar-refractivity contribution < 1.29 is 9.53 Å². The highest BCUT2D eigenvalue weighted by molar-refractivity contribution is 6.34. The predicted molar refractivity (Wildman–Crippen MR) is 70.0 cm³/mol. The van der Waals surface area contributed by atoms with E-state index in [2.05, 4.69) is 4.98 Å². The molecule has 2 rings (SSSR count). The van der Waals surface area contributed by atoms with Crippen molar-refractivity contribution in [1.82, 2.24) is 4.98 Å². The van der Waals surface area contributed by atoms with Crippen LogP contribution in [-0.4, -0.2) is 10.8 Å². The van der Waals surface area contributed by atoms with Crippen LogP contribution in [0.2, 0.25) is 5.02 Å². The lowest BCUT2D eigenvalue weighted by atomic mass is 10.2. The Labute approximate surface area is 110 Å². The van der Waals surface area contributed by atoms with E-state index in [1.165, 1.54) is 19.3 Å². The first-order valence-electron chi connectivity index (χ1n) is 5.49. The van der Waals surface area contributed by atoms with Gasteiger partial charge in [-0.15, -0.1) is 0 Å². The molecule has 0 aliphatic heterocycles. The number of hydrogen-bond donors (Lipinski definition) is 0. The summed E-state index contributed by atoms with van der Waals surface area (Å²) in [5.41, 5.74) is 1.40. The molecule has 0 unspecified atom stereocenters. The Morgan fingerprint density at radius 1 is 1.28 bits per heavy atom. The van der Waals surface area contributed by atoms with Crippen LogP contribution in [0, 0.1) is 0 Å². The molecule has 0 fully saturated rings. The van der Waals surface area contributed by atoms with Gasteiger partial charge in [0.1, 0.15) is 12.4 Å². The van der Waals surface area contributed by atoms with Crippen molar-refractivity contribution in [2.45, 2.75) is 13.5 Å². The molecule has 1 aromatic carbocycles. The van der Waals surface area contributed by atoms with Crippen LogP contribution in [0.25, 0.3) is 0 Å². The van der Waals surface area contributed by atoms with Crippen molar-refractivity contribution in [3.63, 3.8) is 0 Å². The largest absolute Gasteiger partial charge is 0.486 e. The van der Waals surface area contributed by atoms with E-state index >= 15 is 0 Å². The molecule has 1 heterocycles.